The molecule has 1 heterocycles. The van der Waals surface area contributed by atoms with Gasteiger partial charge < -0.3 is 24.4 Å². The molecule has 2 aromatic rings. The van der Waals surface area contributed by atoms with E-state index < -0.39 is 0 Å². The highest BCUT2D eigenvalue weighted by Crippen LogP contribution is 2.35. The van der Waals surface area contributed by atoms with E-state index in [1.165, 1.54) is 0 Å². The van der Waals surface area contributed by atoms with Crippen LogP contribution in [0.1, 0.15) is 6.42 Å². The number of nitrogens with one attached hydrogen (secondary N) is 1. The molecule has 1 fully saturated rings. The topological polar surface area (TPSA) is 60.0 Å². The molecular weight excluding hydrogens is 320 g/mol. The lowest BCUT2D eigenvalue weighted by atomic mass is 10.2. The van der Waals surface area contributed by atoms with Crippen LogP contribution in [0.5, 0.6) is 17.2 Å². The summed E-state index contributed by atoms with van der Waals surface area (Å²) in [5, 5.41) is 2.92. The van der Waals surface area contributed by atoms with Gasteiger partial charge in [-0.2, -0.15) is 0 Å². The van der Waals surface area contributed by atoms with Gasteiger partial charge >= 0.3 is 6.03 Å². The van der Waals surface area contributed by atoms with Crippen molar-refractivity contribution < 1.29 is 19.0 Å². The number of para-hydroxylation sites is 4. The van der Waals surface area contributed by atoms with Crippen molar-refractivity contribution in [1.29, 1.82) is 0 Å². The van der Waals surface area contributed by atoms with E-state index in [0.717, 1.165) is 6.42 Å². The standard InChI is InChI=1S/C19H22N2O4/c1-23-14-11-12-21(13-14)19(22)20-15-7-3-4-8-16(15)25-18-10-6-5-9-17(18)24-2/h3-10,14H,11-13H2,1-2H3,(H,20,22). The first-order valence-corrected chi connectivity index (χ1v) is 8.20. The number of hydrogen-bond donors (Lipinski definition) is 1. The first-order valence-electron chi connectivity index (χ1n) is 8.20. The molecule has 6 nitrogen and oxygen atoms in total. The van der Waals surface area contributed by atoms with Crippen molar-refractivity contribution in [2.75, 3.05) is 32.6 Å². The fourth-order valence-corrected chi connectivity index (χ4v) is 2.78. The minimum Gasteiger partial charge on any atom is -0.493 e. The number of nitrogens with zero attached hydrogens (tertiary/aromatic N) is 1. The SMILES string of the molecule is COc1ccccc1Oc1ccccc1NC(=O)N1CCC(OC)C1. The molecule has 1 aliphatic rings. The number of carbonyl (C=O) groups excluding carboxylic acids is 1. The zero-order valence-corrected chi connectivity index (χ0v) is 14.4. The molecule has 0 aromatic heterocycles. The predicted octanol–water partition coefficient (Wildman–Crippen LogP) is 3.74. The van der Waals surface area contributed by atoms with E-state index in [1.54, 1.807) is 19.1 Å². The zero-order chi connectivity index (χ0) is 17.6. The van der Waals surface area contributed by atoms with E-state index in [4.69, 9.17) is 14.2 Å². The number of anilines is 1. The zero-order valence-electron chi connectivity index (χ0n) is 14.4. The Morgan fingerprint density at radius 1 is 1.04 bits per heavy atom. The molecule has 1 aliphatic heterocycles. The van der Waals surface area contributed by atoms with Crippen LogP contribution in [-0.4, -0.2) is 44.3 Å². The maximum Gasteiger partial charge on any atom is 0.322 e. The highest BCUT2D eigenvalue weighted by Gasteiger charge is 2.26. The third kappa shape index (κ3) is 4.03. The van der Waals surface area contributed by atoms with E-state index in [-0.39, 0.29) is 12.1 Å². The van der Waals surface area contributed by atoms with Crippen molar-refractivity contribution in [3.05, 3.63) is 48.5 Å². The quantitative estimate of drug-likeness (QED) is 0.899. The van der Waals surface area contributed by atoms with Gasteiger partial charge in [0.05, 0.1) is 18.9 Å². The number of urea groups is 1. The molecule has 1 N–H and O–H groups in total. The van der Waals surface area contributed by atoms with Crippen LogP contribution in [0.4, 0.5) is 10.5 Å². The van der Waals surface area contributed by atoms with Gasteiger partial charge in [0.15, 0.2) is 17.2 Å². The van der Waals surface area contributed by atoms with E-state index in [9.17, 15) is 4.79 Å². The van der Waals surface area contributed by atoms with Gasteiger partial charge in [-0.3, -0.25) is 0 Å². The number of methoxy groups -OCH3 is 2. The molecule has 1 saturated heterocycles. The number of ether oxygens (including phenoxy) is 3. The molecule has 0 spiro atoms. The highest BCUT2D eigenvalue weighted by atomic mass is 16.5. The number of hydrogen-bond acceptors (Lipinski definition) is 4. The third-order valence-corrected chi connectivity index (χ3v) is 4.18. The van der Waals surface area contributed by atoms with Gasteiger partial charge in [-0.1, -0.05) is 24.3 Å². The average molecular weight is 342 g/mol. The summed E-state index contributed by atoms with van der Waals surface area (Å²) < 4.78 is 16.6. The van der Waals surface area contributed by atoms with Crippen LogP contribution >= 0.6 is 0 Å². The minimum atomic E-state index is -0.157. The lowest BCUT2D eigenvalue weighted by Crippen LogP contribution is -2.33. The van der Waals surface area contributed by atoms with Crippen molar-refractivity contribution in [2.45, 2.75) is 12.5 Å². The van der Waals surface area contributed by atoms with Crippen LogP contribution in [0.2, 0.25) is 0 Å². The largest absolute Gasteiger partial charge is 0.493 e. The maximum atomic E-state index is 12.5. The number of benzene rings is 2. The van der Waals surface area contributed by atoms with Gasteiger partial charge in [-0.25, -0.2) is 4.79 Å². The molecule has 0 bridgehead atoms. The van der Waals surface area contributed by atoms with E-state index in [0.29, 0.717) is 36.0 Å². The van der Waals surface area contributed by atoms with Crippen LogP contribution in [0, 0.1) is 0 Å². The summed E-state index contributed by atoms with van der Waals surface area (Å²) in [5.41, 5.74) is 0.610. The van der Waals surface area contributed by atoms with Crippen LogP contribution in [-0.2, 0) is 4.74 Å². The minimum absolute atomic E-state index is 0.103. The average Bonchev–Trinajstić information content (AvgIpc) is 3.13. The molecule has 3 rings (SSSR count). The van der Waals surface area contributed by atoms with Crippen molar-refractivity contribution >= 4 is 11.7 Å². The number of carbonyl (C=O) groups is 1. The second-order valence-electron chi connectivity index (χ2n) is 5.77. The van der Waals surface area contributed by atoms with E-state index in [2.05, 4.69) is 5.32 Å². The number of likely N-dealkylation sites (tertiary alicyclic amines) is 1. The van der Waals surface area contributed by atoms with Gasteiger partial charge in [0, 0.05) is 20.2 Å². The molecule has 1 unspecified atom stereocenters. The Bertz CT molecular complexity index is 735. The van der Waals surface area contributed by atoms with Crippen LogP contribution in [0.25, 0.3) is 0 Å². The molecule has 2 amide bonds. The first kappa shape index (κ1) is 17.1. The Balaban J connectivity index is 1.74. The summed E-state index contributed by atoms with van der Waals surface area (Å²) >= 11 is 0. The lowest BCUT2D eigenvalue weighted by Gasteiger charge is -2.19. The maximum absolute atomic E-state index is 12.5. The van der Waals surface area contributed by atoms with Crippen molar-refractivity contribution in [2.24, 2.45) is 0 Å². The summed E-state index contributed by atoms with van der Waals surface area (Å²) in [4.78, 5) is 14.2. The van der Waals surface area contributed by atoms with Crippen molar-refractivity contribution in [3.63, 3.8) is 0 Å². The Labute approximate surface area is 147 Å². The second-order valence-corrected chi connectivity index (χ2v) is 5.77. The van der Waals surface area contributed by atoms with Crippen molar-refractivity contribution in [3.8, 4) is 17.2 Å². The molecule has 2 aromatic carbocycles. The predicted molar refractivity (Wildman–Crippen MR) is 95.5 cm³/mol. The highest BCUT2D eigenvalue weighted by molar-refractivity contribution is 5.91. The normalized spacial score (nSPS) is 16.6. The van der Waals surface area contributed by atoms with E-state index >= 15 is 0 Å². The molecule has 1 atom stereocenters. The Kier molecular flexibility index (Phi) is 5.40. The van der Waals surface area contributed by atoms with Gasteiger partial charge in [0.1, 0.15) is 0 Å². The third-order valence-electron chi connectivity index (χ3n) is 4.18. The van der Waals surface area contributed by atoms with Crippen LogP contribution < -0.4 is 14.8 Å². The molecule has 0 aliphatic carbocycles. The number of amides is 2. The van der Waals surface area contributed by atoms with Crippen molar-refractivity contribution in [1.82, 2.24) is 4.90 Å². The molecule has 25 heavy (non-hydrogen) atoms. The van der Waals surface area contributed by atoms with Gasteiger partial charge in [-0.15, -0.1) is 0 Å². The number of rotatable bonds is 5. The smallest absolute Gasteiger partial charge is 0.322 e. The second kappa shape index (κ2) is 7.90. The molecule has 6 heteroatoms. The van der Waals surface area contributed by atoms with Gasteiger partial charge in [0.25, 0.3) is 0 Å². The summed E-state index contributed by atoms with van der Waals surface area (Å²) in [7, 11) is 3.26. The fourth-order valence-electron chi connectivity index (χ4n) is 2.78. The van der Waals surface area contributed by atoms with Gasteiger partial charge in [-0.05, 0) is 30.7 Å². The Hall–Kier alpha value is -2.73. The summed E-state index contributed by atoms with van der Waals surface area (Å²) in [6.45, 7) is 1.28. The van der Waals surface area contributed by atoms with Crippen LogP contribution in [0.3, 0.4) is 0 Å². The molecule has 0 saturated carbocycles. The Morgan fingerprint density at radius 3 is 2.40 bits per heavy atom. The molecule has 0 radical (unpaired) electrons. The molecule has 132 valence electrons. The van der Waals surface area contributed by atoms with E-state index in [1.807, 2.05) is 48.5 Å². The Morgan fingerprint density at radius 2 is 1.72 bits per heavy atom. The summed E-state index contributed by atoms with van der Waals surface area (Å²) in [6, 6.07) is 14.6. The monoisotopic (exact) mass is 342 g/mol. The lowest BCUT2D eigenvalue weighted by molar-refractivity contribution is 0.111. The summed E-state index contributed by atoms with van der Waals surface area (Å²) in [6.07, 6.45) is 0.953. The van der Waals surface area contributed by atoms with Gasteiger partial charge in [0.2, 0.25) is 0 Å². The fraction of sp³-hybridized carbons (Fsp3) is 0.316. The molecular formula is C19H22N2O4. The van der Waals surface area contributed by atoms with Crippen LogP contribution in [0.15, 0.2) is 48.5 Å². The summed E-state index contributed by atoms with van der Waals surface area (Å²) in [5.74, 6) is 1.78. The first-order chi connectivity index (χ1) is 12.2.